The summed E-state index contributed by atoms with van der Waals surface area (Å²) in [5.41, 5.74) is 7.10. The predicted molar refractivity (Wildman–Crippen MR) is 84.0 cm³/mol. The van der Waals surface area contributed by atoms with Crippen molar-refractivity contribution in [1.82, 2.24) is 9.80 Å². The fourth-order valence-electron chi connectivity index (χ4n) is 2.47. The first kappa shape index (κ1) is 15.4. The van der Waals surface area contributed by atoms with Crippen LogP contribution in [0.4, 0.5) is 0 Å². The number of rotatable bonds is 6. The normalized spacial score (nSPS) is 18.0. The van der Waals surface area contributed by atoms with Gasteiger partial charge in [0, 0.05) is 18.7 Å². The summed E-state index contributed by atoms with van der Waals surface area (Å²) < 4.78 is 10.8. The summed E-state index contributed by atoms with van der Waals surface area (Å²) in [6.45, 7) is 2.38. The third kappa shape index (κ3) is 3.39. The molecule has 0 spiro atoms. The average molecular weight is 292 g/mol. The molecule has 1 aliphatic rings. The summed E-state index contributed by atoms with van der Waals surface area (Å²) in [5, 5.41) is 0. The highest BCUT2D eigenvalue weighted by atomic mass is 16.5. The van der Waals surface area contributed by atoms with Crippen molar-refractivity contribution in [1.29, 1.82) is 0 Å². The minimum absolute atomic E-state index is 0.0926. The molecule has 1 atom stereocenters. The number of methoxy groups -OCH3 is 2. The van der Waals surface area contributed by atoms with Gasteiger partial charge in [-0.3, -0.25) is 4.99 Å². The number of hydrogen-bond acceptors (Lipinski definition) is 6. The second-order valence-electron chi connectivity index (χ2n) is 5.32. The SMILES string of the molecule is COc1ccc(OC)c(C2CN=C(N)N2CCN(C)C)c1. The van der Waals surface area contributed by atoms with Crippen LogP contribution < -0.4 is 15.2 Å². The quantitative estimate of drug-likeness (QED) is 0.845. The first-order valence-electron chi connectivity index (χ1n) is 7.00. The van der Waals surface area contributed by atoms with Crippen molar-refractivity contribution in [2.75, 3.05) is 47.9 Å². The molecule has 1 aliphatic heterocycles. The molecule has 0 saturated carbocycles. The lowest BCUT2D eigenvalue weighted by molar-refractivity contribution is 0.286. The van der Waals surface area contributed by atoms with E-state index in [1.54, 1.807) is 14.2 Å². The Balaban J connectivity index is 2.27. The number of ether oxygens (including phenoxy) is 2. The molecule has 0 amide bonds. The Morgan fingerprint density at radius 2 is 2.10 bits per heavy atom. The first-order valence-corrected chi connectivity index (χ1v) is 7.00. The van der Waals surface area contributed by atoms with Gasteiger partial charge in [0.15, 0.2) is 5.96 Å². The molecular weight excluding hydrogens is 268 g/mol. The van der Waals surface area contributed by atoms with Gasteiger partial charge >= 0.3 is 0 Å². The molecule has 0 saturated heterocycles. The van der Waals surface area contributed by atoms with Crippen molar-refractivity contribution in [3.63, 3.8) is 0 Å². The van der Waals surface area contributed by atoms with Crippen molar-refractivity contribution < 1.29 is 9.47 Å². The van der Waals surface area contributed by atoms with Gasteiger partial charge in [0.25, 0.3) is 0 Å². The number of benzene rings is 1. The maximum absolute atomic E-state index is 6.04. The van der Waals surface area contributed by atoms with Crippen molar-refractivity contribution >= 4 is 5.96 Å². The molecule has 2 rings (SSSR count). The zero-order chi connectivity index (χ0) is 15.4. The van der Waals surface area contributed by atoms with E-state index in [1.807, 2.05) is 32.3 Å². The van der Waals surface area contributed by atoms with E-state index in [-0.39, 0.29) is 6.04 Å². The molecule has 1 heterocycles. The van der Waals surface area contributed by atoms with Gasteiger partial charge in [-0.15, -0.1) is 0 Å². The third-order valence-corrected chi connectivity index (χ3v) is 3.68. The Hall–Kier alpha value is -1.95. The molecule has 116 valence electrons. The molecule has 2 N–H and O–H groups in total. The van der Waals surface area contributed by atoms with Crippen LogP contribution in [0.15, 0.2) is 23.2 Å². The smallest absolute Gasteiger partial charge is 0.191 e. The molecule has 0 aromatic heterocycles. The summed E-state index contributed by atoms with van der Waals surface area (Å²) in [5.74, 6) is 2.23. The van der Waals surface area contributed by atoms with Crippen LogP contribution in [-0.4, -0.2) is 63.7 Å². The van der Waals surface area contributed by atoms with Gasteiger partial charge in [-0.25, -0.2) is 0 Å². The summed E-state index contributed by atoms with van der Waals surface area (Å²) >= 11 is 0. The van der Waals surface area contributed by atoms with Crippen LogP contribution in [0.1, 0.15) is 11.6 Å². The summed E-state index contributed by atoms with van der Waals surface area (Å²) in [4.78, 5) is 8.64. The fraction of sp³-hybridized carbons (Fsp3) is 0.533. The van der Waals surface area contributed by atoms with Crippen LogP contribution in [0.25, 0.3) is 0 Å². The van der Waals surface area contributed by atoms with Crippen LogP contribution in [-0.2, 0) is 0 Å². The number of guanidine groups is 1. The van der Waals surface area contributed by atoms with Gasteiger partial charge in [0.1, 0.15) is 11.5 Å². The standard InChI is InChI=1S/C15H24N4O2/c1-18(2)7-8-19-13(10-17-15(19)16)12-9-11(20-3)5-6-14(12)21-4/h5-6,9,13H,7-8,10H2,1-4H3,(H2,16,17). The number of aliphatic imine (C=N–C) groups is 1. The Morgan fingerprint density at radius 1 is 1.33 bits per heavy atom. The molecule has 0 fully saturated rings. The van der Waals surface area contributed by atoms with E-state index in [0.29, 0.717) is 12.5 Å². The summed E-state index contributed by atoms with van der Waals surface area (Å²) in [6, 6.07) is 5.91. The molecular formula is C15H24N4O2. The van der Waals surface area contributed by atoms with Gasteiger partial charge in [-0.05, 0) is 32.3 Å². The lowest BCUT2D eigenvalue weighted by Crippen LogP contribution is -2.40. The predicted octanol–water partition coefficient (Wildman–Crippen LogP) is 0.937. The highest BCUT2D eigenvalue weighted by molar-refractivity contribution is 5.80. The van der Waals surface area contributed by atoms with Crippen LogP contribution >= 0.6 is 0 Å². The average Bonchev–Trinajstić information content (AvgIpc) is 2.85. The number of likely N-dealkylation sites (N-methyl/N-ethyl adjacent to an activating group) is 1. The Morgan fingerprint density at radius 3 is 2.71 bits per heavy atom. The van der Waals surface area contributed by atoms with Crippen LogP contribution in [0.2, 0.25) is 0 Å². The first-order chi connectivity index (χ1) is 10.1. The van der Waals surface area contributed by atoms with E-state index in [4.69, 9.17) is 15.2 Å². The maximum atomic E-state index is 6.04. The molecule has 6 nitrogen and oxygen atoms in total. The third-order valence-electron chi connectivity index (χ3n) is 3.68. The van der Waals surface area contributed by atoms with Gasteiger partial charge in [0.2, 0.25) is 0 Å². The second kappa shape index (κ2) is 6.67. The van der Waals surface area contributed by atoms with Gasteiger partial charge in [-0.1, -0.05) is 0 Å². The zero-order valence-electron chi connectivity index (χ0n) is 13.2. The molecule has 0 bridgehead atoms. The highest BCUT2D eigenvalue weighted by Gasteiger charge is 2.29. The van der Waals surface area contributed by atoms with Crippen LogP contribution in [0.3, 0.4) is 0 Å². The molecule has 6 heteroatoms. The fourth-order valence-corrected chi connectivity index (χ4v) is 2.47. The topological polar surface area (TPSA) is 63.3 Å². The molecule has 1 aromatic rings. The van der Waals surface area contributed by atoms with Crippen molar-refractivity contribution in [3.8, 4) is 11.5 Å². The molecule has 0 radical (unpaired) electrons. The Kier molecular flexibility index (Phi) is 4.90. The monoisotopic (exact) mass is 292 g/mol. The van der Waals surface area contributed by atoms with Crippen LogP contribution in [0.5, 0.6) is 11.5 Å². The largest absolute Gasteiger partial charge is 0.497 e. The lowest BCUT2D eigenvalue weighted by atomic mass is 10.0. The van der Waals surface area contributed by atoms with Crippen molar-refractivity contribution in [3.05, 3.63) is 23.8 Å². The van der Waals surface area contributed by atoms with E-state index in [2.05, 4.69) is 14.8 Å². The second-order valence-corrected chi connectivity index (χ2v) is 5.32. The number of hydrogen-bond donors (Lipinski definition) is 1. The minimum atomic E-state index is 0.0926. The zero-order valence-corrected chi connectivity index (χ0v) is 13.2. The van der Waals surface area contributed by atoms with E-state index >= 15 is 0 Å². The molecule has 1 unspecified atom stereocenters. The minimum Gasteiger partial charge on any atom is -0.497 e. The van der Waals surface area contributed by atoms with E-state index < -0.39 is 0 Å². The molecule has 1 aromatic carbocycles. The number of nitrogens with two attached hydrogens (primary N) is 1. The maximum Gasteiger partial charge on any atom is 0.191 e. The van der Waals surface area contributed by atoms with Gasteiger partial charge in [-0.2, -0.15) is 0 Å². The lowest BCUT2D eigenvalue weighted by Gasteiger charge is -2.29. The van der Waals surface area contributed by atoms with Crippen LogP contribution in [0, 0.1) is 0 Å². The van der Waals surface area contributed by atoms with E-state index in [0.717, 1.165) is 30.2 Å². The van der Waals surface area contributed by atoms with Crippen molar-refractivity contribution in [2.45, 2.75) is 6.04 Å². The Bertz CT molecular complexity index is 516. The van der Waals surface area contributed by atoms with Gasteiger partial charge in [0.05, 0.1) is 26.8 Å². The highest BCUT2D eigenvalue weighted by Crippen LogP contribution is 2.34. The Labute approximate surface area is 126 Å². The summed E-state index contributed by atoms with van der Waals surface area (Å²) in [7, 11) is 7.43. The van der Waals surface area contributed by atoms with E-state index in [9.17, 15) is 0 Å². The number of nitrogens with zero attached hydrogens (tertiary/aromatic N) is 3. The van der Waals surface area contributed by atoms with Crippen molar-refractivity contribution in [2.24, 2.45) is 10.7 Å². The summed E-state index contributed by atoms with van der Waals surface area (Å²) in [6.07, 6.45) is 0. The molecule has 0 aliphatic carbocycles. The van der Waals surface area contributed by atoms with Gasteiger partial charge < -0.3 is 25.0 Å². The molecule has 21 heavy (non-hydrogen) atoms. The van der Waals surface area contributed by atoms with E-state index in [1.165, 1.54) is 0 Å².